The molecule has 0 spiro atoms. The molecule has 0 radical (unpaired) electrons. The molecule has 6 heteroatoms. The highest BCUT2D eigenvalue weighted by atomic mass is 16.4. The van der Waals surface area contributed by atoms with Crippen molar-refractivity contribution in [3.63, 3.8) is 0 Å². The first-order chi connectivity index (χ1) is 7.89. The largest absolute Gasteiger partial charge is 0.504 e. The van der Waals surface area contributed by atoms with Gasteiger partial charge in [-0.3, -0.25) is 5.43 Å². The first-order valence-corrected chi connectivity index (χ1v) is 4.86. The van der Waals surface area contributed by atoms with Gasteiger partial charge in [0.05, 0.1) is 0 Å². The van der Waals surface area contributed by atoms with E-state index in [0.29, 0.717) is 5.56 Å². The molecular weight excluding hydrogens is 224 g/mol. The number of phenols is 2. The van der Waals surface area contributed by atoms with Crippen molar-refractivity contribution in [2.75, 3.05) is 0 Å². The van der Waals surface area contributed by atoms with Gasteiger partial charge in [0, 0.05) is 13.1 Å². The molecule has 0 aliphatic heterocycles. The Labute approximate surface area is 98.2 Å². The number of rotatable bonds is 5. The fourth-order valence-electron chi connectivity index (χ4n) is 1.42. The molecule has 92 valence electrons. The lowest BCUT2D eigenvalue weighted by Crippen LogP contribution is -2.48. The highest BCUT2D eigenvalue weighted by Gasteiger charge is 2.33. The SMILES string of the molecule is C=NN[C@@](C)(Cc1ccc(O)c(O)c1)C(=O)O. The third kappa shape index (κ3) is 2.87. The van der Waals surface area contributed by atoms with E-state index in [-0.39, 0.29) is 17.9 Å². The molecule has 1 aromatic carbocycles. The monoisotopic (exact) mass is 238 g/mol. The van der Waals surface area contributed by atoms with Crippen molar-refractivity contribution >= 4 is 12.7 Å². The van der Waals surface area contributed by atoms with Gasteiger partial charge in [-0.05, 0) is 24.6 Å². The zero-order valence-electron chi connectivity index (χ0n) is 9.34. The van der Waals surface area contributed by atoms with Crippen LogP contribution in [0.3, 0.4) is 0 Å². The summed E-state index contributed by atoms with van der Waals surface area (Å²) in [5.74, 6) is -1.63. The van der Waals surface area contributed by atoms with Crippen molar-refractivity contribution < 1.29 is 20.1 Å². The van der Waals surface area contributed by atoms with E-state index in [1.807, 2.05) is 0 Å². The minimum atomic E-state index is -1.31. The normalized spacial score (nSPS) is 13.7. The van der Waals surface area contributed by atoms with Crippen LogP contribution in [0.4, 0.5) is 0 Å². The highest BCUT2D eigenvalue weighted by molar-refractivity contribution is 5.78. The van der Waals surface area contributed by atoms with Gasteiger partial charge in [0.25, 0.3) is 0 Å². The number of hydrogen-bond donors (Lipinski definition) is 4. The average Bonchev–Trinajstić information content (AvgIpc) is 2.23. The van der Waals surface area contributed by atoms with Gasteiger partial charge in [-0.1, -0.05) is 6.07 Å². The minimum absolute atomic E-state index is 0.0925. The number of carboxylic acids is 1. The second-order valence-electron chi connectivity index (χ2n) is 3.91. The Morgan fingerprint density at radius 3 is 2.59 bits per heavy atom. The van der Waals surface area contributed by atoms with Crippen LogP contribution < -0.4 is 5.43 Å². The molecule has 4 N–H and O–H groups in total. The Morgan fingerprint density at radius 2 is 2.12 bits per heavy atom. The summed E-state index contributed by atoms with van der Waals surface area (Å²) in [7, 11) is 0. The van der Waals surface area contributed by atoms with Crippen LogP contribution in [0.1, 0.15) is 12.5 Å². The predicted octanol–water partition coefficient (Wildman–Crippen LogP) is 0.689. The molecule has 1 aromatic rings. The maximum Gasteiger partial charge on any atom is 0.330 e. The van der Waals surface area contributed by atoms with Gasteiger partial charge in [0.15, 0.2) is 17.0 Å². The topological polar surface area (TPSA) is 102 Å². The van der Waals surface area contributed by atoms with Gasteiger partial charge >= 0.3 is 5.97 Å². The molecule has 0 aromatic heterocycles. The molecule has 0 aliphatic rings. The lowest BCUT2D eigenvalue weighted by atomic mass is 9.93. The maximum atomic E-state index is 11.1. The molecule has 0 amide bonds. The molecule has 17 heavy (non-hydrogen) atoms. The third-order valence-corrected chi connectivity index (χ3v) is 2.40. The molecular formula is C11H14N2O4. The second kappa shape index (κ2) is 4.73. The zero-order chi connectivity index (χ0) is 13.1. The number of nitrogens with one attached hydrogen (secondary N) is 1. The van der Waals surface area contributed by atoms with Crippen LogP contribution in [-0.4, -0.2) is 33.5 Å². The van der Waals surface area contributed by atoms with Crippen LogP contribution >= 0.6 is 0 Å². The molecule has 0 heterocycles. The first kappa shape index (κ1) is 12.8. The summed E-state index contributed by atoms with van der Waals surface area (Å²) >= 11 is 0. The molecule has 0 saturated heterocycles. The number of nitrogens with zero attached hydrogens (tertiary/aromatic N) is 1. The van der Waals surface area contributed by atoms with E-state index >= 15 is 0 Å². The Morgan fingerprint density at radius 1 is 1.47 bits per heavy atom. The zero-order valence-corrected chi connectivity index (χ0v) is 9.34. The van der Waals surface area contributed by atoms with E-state index in [9.17, 15) is 9.90 Å². The van der Waals surface area contributed by atoms with E-state index in [4.69, 9.17) is 10.2 Å². The summed E-state index contributed by atoms with van der Waals surface area (Å²) in [6.45, 7) is 4.64. The minimum Gasteiger partial charge on any atom is -0.504 e. The van der Waals surface area contributed by atoms with Crippen LogP contribution in [0.5, 0.6) is 11.5 Å². The number of phenolic OH excluding ortho intramolecular Hbond substituents is 2. The van der Waals surface area contributed by atoms with Crippen molar-refractivity contribution in [2.45, 2.75) is 18.9 Å². The Hall–Kier alpha value is -2.24. The maximum absolute atomic E-state index is 11.1. The number of hydrazone groups is 1. The summed E-state index contributed by atoms with van der Waals surface area (Å²) in [6.07, 6.45) is 0.0925. The van der Waals surface area contributed by atoms with Gasteiger partial charge in [0.1, 0.15) is 0 Å². The van der Waals surface area contributed by atoms with Crippen molar-refractivity contribution in [1.82, 2.24) is 5.43 Å². The van der Waals surface area contributed by atoms with Crippen LogP contribution in [0.25, 0.3) is 0 Å². The number of carbonyl (C=O) groups is 1. The van der Waals surface area contributed by atoms with Crippen LogP contribution in [0.2, 0.25) is 0 Å². The predicted molar refractivity (Wildman–Crippen MR) is 62.2 cm³/mol. The van der Waals surface area contributed by atoms with Crippen molar-refractivity contribution in [2.24, 2.45) is 5.10 Å². The number of aromatic hydroxyl groups is 2. The number of hydrogen-bond acceptors (Lipinski definition) is 5. The van der Waals surface area contributed by atoms with E-state index in [1.165, 1.54) is 25.1 Å². The molecule has 0 unspecified atom stereocenters. The third-order valence-electron chi connectivity index (χ3n) is 2.40. The summed E-state index contributed by atoms with van der Waals surface area (Å²) < 4.78 is 0. The summed E-state index contributed by atoms with van der Waals surface area (Å²) in [4.78, 5) is 11.1. The van der Waals surface area contributed by atoms with Crippen LogP contribution in [-0.2, 0) is 11.2 Å². The molecule has 0 aliphatic carbocycles. The molecule has 6 nitrogen and oxygen atoms in total. The fourth-order valence-corrected chi connectivity index (χ4v) is 1.42. The second-order valence-corrected chi connectivity index (χ2v) is 3.91. The molecule has 0 saturated carbocycles. The fraction of sp³-hybridized carbons (Fsp3) is 0.273. The highest BCUT2D eigenvalue weighted by Crippen LogP contribution is 2.26. The van der Waals surface area contributed by atoms with Crippen molar-refractivity contribution in [3.8, 4) is 11.5 Å². The summed E-state index contributed by atoms with van der Waals surface area (Å²) in [5, 5.41) is 30.9. The van der Waals surface area contributed by atoms with E-state index in [0.717, 1.165) is 0 Å². The van der Waals surface area contributed by atoms with Crippen LogP contribution in [0, 0.1) is 0 Å². The van der Waals surface area contributed by atoms with Gasteiger partial charge in [-0.15, -0.1) is 0 Å². The Bertz CT molecular complexity index is 447. The summed E-state index contributed by atoms with van der Waals surface area (Å²) in [6, 6.07) is 4.14. The number of carboxylic acid groups (broad SMARTS) is 1. The Kier molecular flexibility index (Phi) is 3.57. The first-order valence-electron chi connectivity index (χ1n) is 4.86. The standard InChI is InChI=1S/C11H14N2O4/c1-11(10(16)17,13-12-2)6-7-3-4-8(14)9(15)5-7/h3-5,13-15H,2,6H2,1H3,(H,16,17)/t11-/m0/s1. The summed E-state index contributed by atoms with van der Waals surface area (Å²) in [5.41, 5.74) is 1.65. The van der Waals surface area contributed by atoms with Crippen molar-refractivity contribution in [1.29, 1.82) is 0 Å². The van der Waals surface area contributed by atoms with Gasteiger partial charge in [-0.2, -0.15) is 5.10 Å². The van der Waals surface area contributed by atoms with E-state index in [2.05, 4.69) is 17.2 Å². The van der Waals surface area contributed by atoms with Gasteiger partial charge in [0.2, 0.25) is 0 Å². The van der Waals surface area contributed by atoms with E-state index in [1.54, 1.807) is 0 Å². The number of aliphatic carboxylic acids is 1. The lowest BCUT2D eigenvalue weighted by molar-refractivity contribution is -0.144. The van der Waals surface area contributed by atoms with Crippen molar-refractivity contribution in [3.05, 3.63) is 23.8 Å². The van der Waals surface area contributed by atoms with Gasteiger partial charge in [-0.25, -0.2) is 4.79 Å². The number of benzene rings is 1. The average molecular weight is 238 g/mol. The quantitative estimate of drug-likeness (QED) is 0.343. The molecule has 0 fully saturated rings. The molecule has 1 atom stereocenters. The van der Waals surface area contributed by atoms with Gasteiger partial charge < -0.3 is 15.3 Å². The van der Waals surface area contributed by atoms with E-state index < -0.39 is 11.5 Å². The van der Waals surface area contributed by atoms with Crippen LogP contribution in [0.15, 0.2) is 23.3 Å². The lowest BCUT2D eigenvalue weighted by Gasteiger charge is -2.24. The molecule has 1 rings (SSSR count). The Balaban J connectivity index is 2.97. The smallest absolute Gasteiger partial charge is 0.330 e. The molecule has 0 bridgehead atoms.